The fourth-order valence-corrected chi connectivity index (χ4v) is 2.58. The van der Waals surface area contributed by atoms with E-state index >= 15 is 0 Å². The van der Waals surface area contributed by atoms with Crippen LogP contribution in [0, 0.1) is 5.82 Å². The molecule has 0 aliphatic heterocycles. The molecule has 1 amide bonds. The van der Waals surface area contributed by atoms with Gasteiger partial charge in [-0.3, -0.25) is 4.79 Å². The monoisotopic (exact) mass is 319 g/mol. The van der Waals surface area contributed by atoms with Gasteiger partial charge >= 0.3 is 0 Å². The molecule has 0 fully saturated rings. The largest absolute Gasteiger partial charge is 0.380 e. The molecule has 0 bridgehead atoms. The molecule has 2 aromatic carbocycles. The summed E-state index contributed by atoms with van der Waals surface area (Å²) >= 11 is 1.39. The zero-order valence-corrected chi connectivity index (χ0v) is 13.2. The lowest BCUT2D eigenvalue weighted by Crippen LogP contribution is -2.24. The van der Waals surface area contributed by atoms with Gasteiger partial charge in [0.05, 0.1) is 12.4 Å². The van der Waals surface area contributed by atoms with E-state index < -0.39 is 0 Å². The smallest absolute Gasteiger partial charge is 0.230 e. The molecule has 2 rings (SSSR count). The number of hydrogen-bond donors (Lipinski definition) is 1. The van der Waals surface area contributed by atoms with Crippen LogP contribution in [0.3, 0.4) is 0 Å². The van der Waals surface area contributed by atoms with Crippen LogP contribution < -0.4 is 5.32 Å². The molecule has 0 saturated carbocycles. The van der Waals surface area contributed by atoms with Crippen LogP contribution in [0.1, 0.15) is 11.1 Å². The Morgan fingerprint density at radius 2 is 1.73 bits per heavy atom. The van der Waals surface area contributed by atoms with Gasteiger partial charge in [0, 0.05) is 18.6 Å². The lowest BCUT2D eigenvalue weighted by molar-refractivity contribution is -0.118. The van der Waals surface area contributed by atoms with Crippen LogP contribution in [0.15, 0.2) is 53.4 Å². The summed E-state index contributed by atoms with van der Waals surface area (Å²) in [6.45, 7) is 1.08. The minimum absolute atomic E-state index is 0.0460. The molecule has 0 aliphatic rings. The predicted octanol–water partition coefficient (Wildman–Crippen LogP) is 3.38. The summed E-state index contributed by atoms with van der Waals surface area (Å²) in [5.41, 5.74) is 2.14. The van der Waals surface area contributed by atoms with Crippen molar-refractivity contribution in [1.29, 1.82) is 0 Å². The minimum atomic E-state index is -0.272. The van der Waals surface area contributed by atoms with Crippen LogP contribution in [0.25, 0.3) is 0 Å². The Morgan fingerprint density at radius 1 is 1.09 bits per heavy atom. The van der Waals surface area contributed by atoms with E-state index in [0.29, 0.717) is 18.9 Å². The molecule has 3 nitrogen and oxygen atoms in total. The van der Waals surface area contributed by atoms with Gasteiger partial charge < -0.3 is 10.1 Å². The number of carbonyl (C=O) groups excluding carboxylic acids is 1. The lowest BCUT2D eigenvalue weighted by Gasteiger charge is -2.06. The summed E-state index contributed by atoms with van der Waals surface area (Å²) in [5, 5.41) is 2.87. The SMILES string of the molecule is COCc1ccc(CNC(=O)CSc2ccc(F)cc2)cc1. The van der Waals surface area contributed by atoms with Crippen molar-refractivity contribution in [3.8, 4) is 0 Å². The second kappa shape index (κ2) is 8.56. The number of rotatable bonds is 7. The molecule has 0 saturated heterocycles. The lowest BCUT2D eigenvalue weighted by atomic mass is 10.1. The summed E-state index contributed by atoms with van der Waals surface area (Å²) in [7, 11) is 1.66. The number of benzene rings is 2. The standard InChI is InChI=1S/C17H18FNO2S/c1-21-11-14-4-2-13(3-5-14)10-19-17(20)12-22-16-8-6-15(18)7-9-16/h2-9H,10-12H2,1H3,(H,19,20). The Bertz CT molecular complexity index is 599. The molecule has 0 heterocycles. The molecular weight excluding hydrogens is 301 g/mol. The van der Waals surface area contributed by atoms with Crippen molar-refractivity contribution >= 4 is 17.7 Å². The molecule has 0 atom stereocenters. The zero-order valence-electron chi connectivity index (χ0n) is 12.3. The van der Waals surface area contributed by atoms with Crippen LogP contribution in [0.2, 0.25) is 0 Å². The number of hydrogen-bond acceptors (Lipinski definition) is 3. The van der Waals surface area contributed by atoms with Crippen LogP contribution in [-0.2, 0) is 22.7 Å². The molecular formula is C17H18FNO2S. The molecule has 2 aromatic rings. The predicted molar refractivity (Wildman–Crippen MR) is 86.1 cm³/mol. The first-order chi connectivity index (χ1) is 10.7. The number of nitrogens with one attached hydrogen (secondary N) is 1. The van der Waals surface area contributed by atoms with Crippen LogP contribution >= 0.6 is 11.8 Å². The summed E-state index contributed by atoms with van der Waals surface area (Å²) < 4.78 is 17.8. The Kier molecular flexibility index (Phi) is 6.43. The van der Waals surface area contributed by atoms with Crippen molar-refractivity contribution in [3.63, 3.8) is 0 Å². The van der Waals surface area contributed by atoms with Crippen molar-refractivity contribution in [1.82, 2.24) is 5.32 Å². The van der Waals surface area contributed by atoms with Gasteiger partial charge in [0.25, 0.3) is 0 Å². The third-order valence-electron chi connectivity index (χ3n) is 3.01. The molecule has 1 N–H and O–H groups in total. The number of carbonyl (C=O) groups is 1. The maximum atomic E-state index is 12.8. The van der Waals surface area contributed by atoms with Crippen molar-refractivity contribution < 1.29 is 13.9 Å². The second-order valence-electron chi connectivity index (χ2n) is 4.77. The van der Waals surface area contributed by atoms with Crippen molar-refractivity contribution in [2.24, 2.45) is 0 Å². The van der Waals surface area contributed by atoms with Gasteiger partial charge in [0.15, 0.2) is 0 Å². The number of halogens is 1. The summed E-state index contributed by atoms with van der Waals surface area (Å²) in [5.74, 6) is -0.00562. The van der Waals surface area contributed by atoms with Crippen LogP contribution in [-0.4, -0.2) is 18.8 Å². The van der Waals surface area contributed by atoms with Gasteiger partial charge in [0.1, 0.15) is 5.82 Å². The summed E-state index contributed by atoms with van der Waals surface area (Å²) in [6.07, 6.45) is 0. The third kappa shape index (κ3) is 5.50. The normalized spacial score (nSPS) is 10.5. The van der Waals surface area contributed by atoms with E-state index in [0.717, 1.165) is 16.0 Å². The average Bonchev–Trinajstić information content (AvgIpc) is 2.54. The number of ether oxygens (including phenoxy) is 1. The number of thioether (sulfide) groups is 1. The van der Waals surface area contributed by atoms with Crippen molar-refractivity contribution in [2.75, 3.05) is 12.9 Å². The highest BCUT2D eigenvalue weighted by Gasteiger charge is 2.03. The molecule has 0 radical (unpaired) electrons. The highest BCUT2D eigenvalue weighted by molar-refractivity contribution is 8.00. The van der Waals surface area contributed by atoms with E-state index in [9.17, 15) is 9.18 Å². The maximum Gasteiger partial charge on any atom is 0.230 e. The van der Waals surface area contributed by atoms with Gasteiger partial charge in [-0.05, 0) is 35.4 Å². The second-order valence-corrected chi connectivity index (χ2v) is 5.82. The van der Waals surface area contributed by atoms with Gasteiger partial charge in [-0.1, -0.05) is 24.3 Å². The Hall–Kier alpha value is -1.85. The Morgan fingerprint density at radius 3 is 2.36 bits per heavy atom. The van der Waals surface area contributed by atoms with E-state index in [1.54, 1.807) is 19.2 Å². The first kappa shape index (κ1) is 16.5. The summed E-state index contributed by atoms with van der Waals surface area (Å²) in [4.78, 5) is 12.7. The quantitative estimate of drug-likeness (QED) is 0.795. The fourth-order valence-electron chi connectivity index (χ4n) is 1.85. The summed E-state index contributed by atoms with van der Waals surface area (Å²) in [6, 6.07) is 14.0. The number of amides is 1. The average molecular weight is 319 g/mol. The maximum absolute atomic E-state index is 12.8. The molecule has 116 valence electrons. The molecule has 0 unspecified atom stereocenters. The highest BCUT2D eigenvalue weighted by Crippen LogP contribution is 2.17. The molecule has 0 aliphatic carbocycles. The number of methoxy groups -OCH3 is 1. The molecule has 0 aromatic heterocycles. The van der Waals surface area contributed by atoms with Crippen LogP contribution in [0.5, 0.6) is 0 Å². The minimum Gasteiger partial charge on any atom is -0.380 e. The van der Waals surface area contributed by atoms with Crippen LogP contribution in [0.4, 0.5) is 4.39 Å². The topological polar surface area (TPSA) is 38.3 Å². The van der Waals surface area contributed by atoms with Gasteiger partial charge in [-0.25, -0.2) is 4.39 Å². The van der Waals surface area contributed by atoms with E-state index in [2.05, 4.69) is 5.32 Å². The first-order valence-corrected chi connectivity index (χ1v) is 7.88. The molecule has 5 heteroatoms. The Labute approximate surface area is 133 Å². The molecule has 0 spiro atoms. The van der Waals surface area contributed by atoms with Crippen molar-refractivity contribution in [3.05, 3.63) is 65.5 Å². The van der Waals surface area contributed by atoms with Gasteiger partial charge in [0.2, 0.25) is 5.91 Å². The fraction of sp³-hybridized carbons (Fsp3) is 0.235. The Balaban J connectivity index is 1.74. The van der Waals surface area contributed by atoms with Gasteiger partial charge in [-0.2, -0.15) is 0 Å². The van der Waals surface area contributed by atoms with Crippen molar-refractivity contribution in [2.45, 2.75) is 18.0 Å². The van der Waals surface area contributed by atoms with E-state index in [4.69, 9.17) is 4.74 Å². The van der Waals surface area contributed by atoms with E-state index in [1.807, 2.05) is 24.3 Å². The molecule has 22 heavy (non-hydrogen) atoms. The zero-order chi connectivity index (χ0) is 15.8. The third-order valence-corrected chi connectivity index (χ3v) is 4.02. The highest BCUT2D eigenvalue weighted by atomic mass is 32.2. The first-order valence-electron chi connectivity index (χ1n) is 6.89. The van der Waals surface area contributed by atoms with Gasteiger partial charge in [-0.15, -0.1) is 11.8 Å². The van der Waals surface area contributed by atoms with E-state index in [1.165, 1.54) is 23.9 Å². The van der Waals surface area contributed by atoms with E-state index in [-0.39, 0.29) is 11.7 Å².